The molecule has 2 aromatic rings. The van der Waals surface area contributed by atoms with Crippen LogP contribution in [0.1, 0.15) is 12.6 Å². The molecule has 0 radical (unpaired) electrons. The summed E-state index contributed by atoms with van der Waals surface area (Å²) in [5, 5.41) is 7.24. The highest BCUT2D eigenvalue weighted by atomic mass is 19.1. The van der Waals surface area contributed by atoms with E-state index in [1.807, 2.05) is 29.7 Å². The number of nitrogens with one attached hydrogen (secondary N) is 1. The lowest BCUT2D eigenvalue weighted by Gasteiger charge is -2.12. The molecule has 0 unspecified atom stereocenters. The van der Waals surface area contributed by atoms with Gasteiger partial charge in [-0.05, 0) is 32.3 Å². The summed E-state index contributed by atoms with van der Waals surface area (Å²) in [6, 6.07) is 8.49. The molecule has 1 heterocycles. The maximum Gasteiger partial charge on any atom is 0.216 e. The number of carbonyl (C=O) groups excluding carboxylic acids is 1. The Morgan fingerprint density at radius 3 is 2.73 bits per heavy atom. The Morgan fingerprint density at radius 2 is 2.09 bits per heavy atom. The lowest BCUT2D eigenvalue weighted by atomic mass is 10.1. The molecule has 0 spiro atoms. The third-order valence-corrected chi connectivity index (χ3v) is 3.19. The first-order valence-corrected chi connectivity index (χ1v) is 7.18. The number of benzene rings is 1. The molecule has 0 aliphatic rings. The molecule has 0 saturated carbocycles. The zero-order valence-corrected chi connectivity index (χ0v) is 13.1. The van der Waals surface area contributed by atoms with Crippen LogP contribution in [0.3, 0.4) is 0 Å². The van der Waals surface area contributed by atoms with Crippen LogP contribution in [0, 0.1) is 5.82 Å². The van der Waals surface area contributed by atoms with Crippen molar-refractivity contribution in [1.82, 2.24) is 20.0 Å². The largest absolute Gasteiger partial charge is 0.354 e. The van der Waals surface area contributed by atoms with E-state index in [2.05, 4.69) is 10.4 Å². The van der Waals surface area contributed by atoms with Crippen molar-refractivity contribution in [3.8, 4) is 11.3 Å². The number of hydrogen-bond donors (Lipinski definition) is 1. The minimum atomic E-state index is -0.287. The number of rotatable bonds is 6. The first kappa shape index (κ1) is 16.2. The van der Waals surface area contributed by atoms with E-state index in [9.17, 15) is 9.18 Å². The predicted octanol–water partition coefficient (Wildman–Crippen LogP) is 1.89. The van der Waals surface area contributed by atoms with Crippen molar-refractivity contribution in [2.24, 2.45) is 0 Å². The fourth-order valence-corrected chi connectivity index (χ4v) is 2.24. The van der Waals surface area contributed by atoms with E-state index in [1.54, 1.807) is 18.2 Å². The minimum absolute atomic E-state index is 0.0735. The highest BCUT2D eigenvalue weighted by Crippen LogP contribution is 2.22. The van der Waals surface area contributed by atoms with Crippen molar-refractivity contribution in [2.75, 3.05) is 20.6 Å². The first-order chi connectivity index (χ1) is 10.5. The predicted molar refractivity (Wildman–Crippen MR) is 83.7 cm³/mol. The summed E-state index contributed by atoms with van der Waals surface area (Å²) in [4.78, 5) is 13.0. The topological polar surface area (TPSA) is 50.2 Å². The second-order valence-electron chi connectivity index (χ2n) is 5.44. The Hall–Kier alpha value is -2.21. The van der Waals surface area contributed by atoms with Crippen molar-refractivity contribution >= 4 is 5.91 Å². The number of carbonyl (C=O) groups is 1. The van der Waals surface area contributed by atoms with Gasteiger partial charge in [-0.25, -0.2) is 4.39 Å². The molecule has 1 aromatic carbocycles. The molecule has 0 aliphatic carbocycles. The van der Waals surface area contributed by atoms with Crippen molar-refractivity contribution in [2.45, 2.75) is 20.0 Å². The number of halogens is 1. The second kappa shape index (κ2) is 7.17. The van der Waals surface area contributed by atoms with E-state index in [1.165, 1.54) is 13.0 Å². The lowest BCUT2D eigenvalue weighted by Crippen LogP contribution is -2.26. The van der Waals surface area contributed by atoms with Gasteiger partial charge in [-0.2, -0.15) is 5.10 Å². The van der Waals surface area contributed by atoms with E-state index in [4.69, 9.17) is 0 Å². The number of hydrogen-bond acceptors (Lipinski definition) is 3. The summed E-state index contributed by atoms with van der Waals surface area (Å²) in [6.07, 6.45) is 0. The molecule has 118 valence electrons. The zero-order chi connectivity index (χ0) is 16.1. The third kappa shape index (κ3) is 4.14. The summed E-state index contributed by atoms with van der Waals surface area (Å²) < 4.78 is 15.7. The van der Waals surface area contributed by atoms with Gasteiger partial charge in [-0.3, -0.25) is 9.48 Å². The smallest absolute Gasteiger partial charge is 0.216 e. The van der Waals surface area contributed by atoms with Crippen LogP contribution < -0.4 is 5.32 Å². The molecule has 0 fully saturated rings. The Kier molecular flexibility index (Phi) is 5.27. The van der Waals surface area contributed by atoms with E-state index in [-0.39, 0.29) is 11.7 Å². The Bertz CT molecular complexity index is 651. The monoisotopic (exact) mass is 304 g/mol. The van der Waals surface area contributed by atoms with Gasteiger partial charge in [0.15, 0.2) is 0 Å². The molecule has 0 bridgehead atoms. The highest BCUT2D eigenvalue weighted by Gasteiger charge is 2.13. The average molecular weight is 304 g/mol. The molecule has 1 N–H and O–H groups in total. The molecule has 5 nitrogen and oxygen atoms in total. The minimum Gasteiger partial charge on any atom is -0.354 e. The molecule has 2 rings (SSSR count). The second-order valence-corrected chi connectivity index (χ2v) is 5.44. The van der Waals surface area contributed by atoms with Crippen LogP contribution in [0.15, 0.2) is 30.3 Å². The summed E-state index contributed by atoms with van der Waals surface area (Å²) in [6.45, 7) is 3.22. The van der Waals surface area contributed by atoms with Gasteiger partial charge in [0.2, 0.25) is 5.91 Å². The van der Waals surface area contributed by atoms with E-state index >= 15 is 0 Å². The van der Waals surface area contributed by atoms with Crippen LogP contribution in [0.2, 0.25) is 0 Å². The van der Waals surface area contributed by atoms with E-state index < -0.39 is 0 Å². The Morgan fingerprint density at radius 1 is 1.36 bits per heavy atom. The van der Waals surface area contributed by atoms with Crippen molar-refractivity contribution in [3.05, 3.63) is 41.8 Å². The average Bonchev–Trinajstić information content (AvgIpc) is 2.81. The molecular weight excluding hydrogens is 283 g/mol. The first-order valence-electron chi connectivity index (χ1n) is 7.18. The summed E-state index contributed by atoms with van der Waals surface area (Å²) in [7, 11) is 3.93. The van der Waals surface area contributed by atoms with E-state index in [0.29, 0.717) is 30.9 Å². The standard InChI is InChI=1S/C16H21FN4O/c1-12(22)18-8-9-21-13(11-20(2)3)10-16(19-21)14-6-4-5-7-15(14)17/h4-7,10H,8-9,11H2,1-3H3,(H,18,22). The summed E-state index contributed by atoms with van der Waals surface area (Å²) >= 11 is 0. The SMILES string of the molecule is CC(=O)NCCn1nc(-c2ccccc2F)cc1CN(C)C. The Labute approximate surface area is 129 Å². The van der Waals surface area contributed by atoms with Crippen LogP contribution in [0.25, 0.3) is 11.3 Å². The Balaban J connectivity index is 2.27. The van der Waals surface area contributed by atoms with Crippen LogP contribution >= 0.6 is 0 Å². The lowest BCUT2D eigenvalue weighted by molar-refractivity contribution is -0.118. The van der Waals surface area contributed by atoms with Crippen LogP contribution in [0.5, 0.6) is 0 Å². The third-order valence-electron chi connectivity index (χ3n) is 3.19. The quantitative estimate of drug-likeness (QED) is 0.886. The molecule has 0 aliphatic heterocycles. The maximum atomic E-state index is 13.9. The van der Waals surface area contributed by atoms with Crippen molar-refractivity contribution in [1.29, 1.82) is 0 Å². The molecule has 0 atom stereocenters. The number of aromatic nitrogens is 2. The van der Waals surface area contributed by atoms with Gasteiger partial charge >= 0.3 is 0 Å². The summed E-state index contributed by atoms with van der Waals surface area (Å²) in [5.41, 5.74) is 2.08. The molecule has 6 heteroatoms. The number of nitrogens with zero attached hydrogens (tertiary/aromatic N) is 3. The molecular formula is C16H21FN4O. The van der Waals surface area contributed by atoms with Crippen LogP contribution in [0.4, 0.5) is 4.39 Å². The van der Waals surface area contributed by atoms with Gasteiger partial charge in [0.25, 0.3) is 0 Å². The van der Waals surface area contributed by atoms with Gasteiger partial charge in [0.1, 0.15) is 5.82 Å². The highest BCUT2D eigenvalue weighted by molar-refractivity contribution is 5.72. The summed E-state index contributed by atoms with van der Waals surface area (Å²) in [5.74, 6) is -0.360. The van der Waals surface area contributed by atoms with Gasteiger partial charge in [0.05, 0.1) is 17.9 Å². The molecule has 22 heavy (non-hydrogen) atoms. The van der Waals surface area contributed by atoms with Gasteiger partial charge < -0.3 is 10.2 Å². The van der Waals surface area contributed by atoms with Crippen LogP contribution in [-0.4, -0.2) is 41.2 Å². The van der Waals surface area contributed by atoms with Gasteiger partial charge in [0, 0.05) is 25.6 Å². The van der Waals surface area contributed by atoms with Crippen LogP contribution in [-0.2, 0) is 17.9 Å². The fourth-order valence-electron chi connectivity index (χ4n) is 2.24. The number of amides is 1. The molecule has 0 saturated heterocycles. The molecule has 1 aromatic heterocycles. The van der Waals surface area contributed by atoms with E-state index in [0.717, 1.165) is 5.69 Å². The maximum absolute atomic E-state index is 13.9. The fraction of sp³-hybridized carbons (Fsp3) is 0.375. The zero-order valence-electron chi connectivity index (χ0n) is 13.1. The molecule has 1 amide bonds. The van der Waals surface area contributed by atoms with Gasteiger partial charge in [-0.15, -0.1) is 0 Å². The van der Waals surface area contributed by atoms with Gasteiger partial charge in [-0.1, -0.05) is 12.1 Å². The van der Waals surface area contributed by atoms with Crippen molar-refractivity contribution < 1.29 is 9.18 Å². The normalized spacial score (nSPS) is 11.0. The van der Waals surface area contributed by atoms with Crippen molar-refractivity contribution in [3.63, 3.8) is 0 Å².